The number of alkyl halides is 1. The lowest BCUT2D eigenvalue weighted by Gasteiger charge is -2.25. The van der Waals surface area contributed by atoms with Crippen LogP contribution in [-0.4, -0.2) is 27.8 Å². The maximum Gasteiger partial charge on any atom is 0.324 e. The summed E-state index contributed by atoms with van der Waals surface area (Å²) in [5, 5.41) is 1.09. The first kappa shape index (κ1) is 17.6. The third kappa shape index (κ3) is 9.23. The second-order valence-electron chi connectivity index (χ2n) is 4.49. The van der Waals surface area contributed by atoms with E-state index in [9.17, 15) is 0 Å². The molecule has 0 spiro atoms. The lowest BCUT2D eigenvalue weighted by atomic mass is 10.1. The van der Waals surface area contributed by atoms with Crippen LogP contribution in [0.25, 0.3) is 0 Å². The zero-order valence-corrected chi connectivity index (χ0v) is 14.5. The minimum atomic E-state index is -1.45. The lowest BCUT2D eigenvalue weighted by molar-refractivity contribution is 0.184. The van der Waals surface area contributed by atoms with Gasteiger partial charge in [0.15, 0.2) is 0 Å². The topological polar surface area (TPSA) is 18.5 Å². The molecule has 0 bridgehead atoms. The Morgan fingerprint density at radius 1 is 0.941 bits per heavy atom. The Labute approximate surface area is 117 Å². The average Bonchev–Trinajstić information content (AvgIpc) is 2.35. The first-order valence-electron chi connectivity index (χ1n) is 7.09. The molecule has 0 aromatic carbocycles. The van der Waals surface area contributed by atoms with Gasteiger partial charge in [0, 0.05) is 18.5 Å². The van der Waals surface area contributed by atoms with E-state index in [0.29, 0.717) is 5.54 Å². The largest absolute Gasteiger partial charge is 0.396 e. The highest BCUT2D eigenvalue weighted by Gasteiger charge is 2.24. The summed E-state index contributed by atoms with van der Waals surface area (Å²) in [7, 11) is -1.45. The molecule has 0 N–H and O–H groups in total. The molecule has 4 heteroatoms. The van der Waals surface area contributed by atoms with Gasteiger partial charge in [0.25, 0.3) is 0 Å². The van der Waals surface area contributed by atoms with Crippen molar-refractivity contribution >= 4 is 25.2 Å². The van der Waals surface area contributed by atoms with Gasteiger partial charge in [-0.25, -0.2) is 0 Å². The van der Waals surface area contributed by atoms with Crippen LogP contribution in [0.15, 0.2) is 0 Å². The van der Waals surface area contributed by atoms with Gasteiger partial charge in [-0.1, -0.05) is 43.1 Å². The average molecular weight is 325 g/mol. The van der Waals surface area contributed by atoms with E-state index in [-0.39, 0.29) is 0 Å². The van der Waals surface area contributed by atoms with Crippen LogP contribution < -0.4 is 0 Å². The number of rotatable bonds is 12. The normalized spacial score (nSPS) is 13.2. The molecule has 0 aromatic heterocycles. The number of halogens is 1. The predicted molar refractivity (Wildman–Crippen MR) is 81.3 cm³/mol. The standard InChI is InChI=1S/C13H29BrO2Si/c1-4-8-13(9-7-10-14)17(15-11-5-2)16-12-6-3/h13,17H,4-12H2,1-3H3. The quantitative estimate of drug-likeness (QED) is 0.391. The van der Waals surface area contributed by atoms with Gasteiger partial charge < -0.3 is 8.85 Å². The summed E-state index contributed by atoms with van der Waals surface area (Å²) in [4.78, 5) is 0. The third-order valence-corrected chi connectivity index (χ3v) is 5.85. The van der Waals surface area contributed by atoms with Crippen LogP contribution in [0.3, 0.4) is 0 Å². The smallest absolute Gasteiger partial charge is 0.324 e. The van der Waals surface area contributed by atoms with Gasteiger partial charge >= 0.3 is 9.28 Å². The molecule has 2 nitrogen and oxygen atoms in total. The molecule has 0 rings (SSSR count). The van der Waals surface area contributed by atoms with E-state index in [1.807, 2.05) is 0 Å². The fourth-order valence-corrected chi connectivity index (χ4v) is 4.93. The van der Waals surface area contributed by atoms with Crippen molar-refractivity contribution in [2.24, 2.45) is 0 Å². The van der Waals surface area contributed by atoms with Crippen LogP contribution in [0.2, 0.25) is 5.54 Å². The van der Waals surface area contributed by atoms with Crippen LogP contribution in [0, 0.1) is 0 Å². The molecule has 0 fully saturated rings. The highest BCUT2D eigenvalue weighted by Crippen LogP contribution is 2.25. The van der Waals surface area contributed by atoms with E-state index >= 15 is 0 Å². The van der Waals surface area contributed by atoms with Crippen LogP contribution in [0.5, 0.6) is 0 Å². The first-order chi connectivity index (χ1) is 8.29. The van der Waals surface area contributed by atoms with E-state index in [2.05, 4.69) is 36.7 Å². The molecule has 0 aliphatic rings. The van der Waals surface area contributed by atoms with Crippen molar-refractivity contribution in [1.82, 2.24) is 0 Å². The van der Waals surface area contributed by atoms with Gasteiger partial charge in [0.2, 0.25) is 0 Å². The lowest BCUT2D eigenvalue weighted by Crippen LogP contribution is -2.30. The molecule has 0 aromatic rings. The number of hydrogen-bond acceptors (Lipinski definition) is 2. The van der Waals surface area contributed by atoms with Gasteiger partial charge in [-0.05, 0) is 37.6 Å². The molecule has 0 aliphatic carbocycles. The predicted octanol–water partition coefficient (Wildman–Crippen LogP) is 4.41. The molecular formula is C13H29BrO2Si. The third-order valence-electron chi connectivity index (χ3n) is 2.73. The second-order valence-corrected chi connectivity index (χ2v) is 7.63. The van der Waals surface area contributed by atoms with E-state index < -0.39 is 9.28 Å². The Morgan fingerprint density at radius 3 is 1.94 bits per heavy atom. The second kappa shape index (κ2) is 13.1. The summed E-state index contributed by atoms with van der Waals surface area (Å²) in [6.07, 6.45) is 7.17. The Balaban J connectivity index is 4.20. The van der Waals surface area contributed by atoms with Crippen LogP contribution in [-0.2, 0) is 8.85 Å². The maximum absolute atomic E-state index is 6.01. The van der Waals surface area contributed by atoms with Crippen molar-refractivity contribution in [2.75, 3.05) is 18.5 Å². The maximum atomic E-state index is 6.01. The minimum Gasteiger partial charge on any atom is -0.396 e. The molecule has 0 saturated heterocycles. The molecule has 0 aliphatic heterocycles. The highest BCUT2D eigenvalue weighted by atomic mass is 79.9. The SMILES string of the molecule is CCCO[SiH](OCCC)C(CCC)CCCBr. The van der Waals surface area contributed by atoms with Gasteiger partial charge in [0.1, 0.15) is 0 Å². The summed E-state index contributed by atoms with van der Waals surface area (Å²) in [5.74, 6) is 0. The van der Waals surface area contributed by atoms with Crippen molar-refractivity contribution in [2.45, 2.75) is 64.8 Å². The van der Waals surface area contributed by atoms with E-state index in [0.717, 1.165) is 31.4 Å². The van der Waals surface area contributed by atoms with Crippen molar-refractivity contribution in [3.05, 3.63) is 0 Å². The zero-order chi connectivity index (χ0) is 12.9. The fraction of sp³-hybridized carbons (Fsp3) is 1.00. The Bertz CT molecular complexity index is 150. The van der Waals surface area contributed by atoms with Crippen molar-refractivity contribution < 1.29 is 8.85 Å². The fourth-order valence-electron chi connectivity index (χ4n) is 1.91. The Morgan fingerprint density at radius 2 is 1.53 bits per heavy atom. The molecule has 0 radical (unpaired) electrons. The van der Waals surface area contributed by atoms with Crippen LogP contribution >= 0.6 is 15.9 Å². The van der Waals surface area contributed by atoms with Crippen LogP contribution in [0.1, 0.15) is 59.3 Å². The summed E-state index contributed by atoms with van der Waals surface area (Å²) < 4.78 is 12.0. The van der Waals surface area contributed by atoms with E-state index in [4.69, 9.17) is 8.85 Å². The molecule has 0 saturated carbocycles. The molecule has 0 heterocycles. The summed E-state index contributed by atoms with van der Waals surface area (Å²) in [5.41, 5.74) is 0.690. The van der Waals surface area contributed by atoms with Crippen LogP contribution in [0.4, 0.5) is 0 Å². The summed E-state index contributed by atoms with van der Waals surface area (Å²) in [6, 6.07) is 0. The molecular weight excluding hydrogens is 296 g/mol. The van der Waals surface area contributed by atoms with E-state index in [1.165, 1.54) is 25.7 Å². The van der Waals surface area contributed by atoms with E-state index in [1.54, 1.807) is 0 Å². The zero-order valence-electron chi connectivity index (χ0n) is 11.7. The number of hydrogen-bond donors (Lipinski definition) is 0. The minimum absolute atomic E-state index is 0.690. The molecule has 17 heavy (non-hydrogen) atoms. The summed E-state index contributed by atoms with van der Waals surface area (Å²) >= 11 is 3.52. The molecule has 1 atom stereocenters. The van der Waals surface area contributed by atoms with Gasteiger partial charge in [-0.3, -0.25) is 0 Å². The monoisotopic (exact) mass is 324 g/mol. The van der Waals surface area contributed by atoms with Crippen molar-refractivity contribution in [1.29, 1.82) is 0 Å². The molecule has 1 unspecified atom stereocenters. The van der Waals surface area contributed by atoms with Crippen molar-refractivity contribution in [3.63, 3.8) is 0 Å². The molecule has 104 valence electrons. The molecule has 0 amide bonds. The van der Waals surface area contributed by atoms with Gasteiger partial charge in [0.05, 0.1) is 0 Å². The highest BCUT2D eigenvalue weighted by molar-refractivity contribution is 9.09. The van der Waals surface area contributed by atoms with Gasteiger partial charge in [-0.2, -0.15) is 0 Å². The Hall–Kier alpha value is 0.617. The Kier molecular flexibility index (Phi) is 13.5. The first-order valence-corrected chi connectivity index (χ1v) is 9.82. The summed E-state index contributed by atoms with van der Waals surface area (Å²) in [6.45, 7) is 8.33. The van der Waals surface area contributed by atoms with Crippen molar-refractivity contribution in [3.8, 4) is 0 Å². The van der Waals surface area contributed by atoms with Gasteiger partial charge in [-0.15, -0.1) is 0 Å².